The number of hydrogen-bond donors (Lipinski definition) is 1. The van der Waals surface area contributed by atoms with E-state index in [9.17, 15) is 5.11 Å². The van der Waals surface area contributed by atoms with E-state index in [1.807, 2.05) is 135 Å². The van der Waals surface area contributed by atoms with Gasteiger partial charge in [0.15, 0.2) is 0 Å². The van der Waals surface area contributed by atoms with Crippen LogP contribution in [0.3, 0.4) is 0 Å². The van der Waals surface area contributed by atoms with E-state index in [2.05, 4.69) is 19.9 Å². The van der Waals surface area contributed by atoms with Gasteiger partial charge in [0.25, 0.3) is 0 Å². The zero-order valence-corrected chi connectivity index (χ0v) is 37.4. The topological polar surface area (TPSA) is 50.9 Å². The number of aryl methyl sites for hydroxylation is 3. The maximum Gasteiger partial charge on any atom is 0.149 e. The lowest BCUT2D eigenvalue weighted by Gasteiger charge is -2.21. The highest BCUT2D eigenvalue weighted by Crippen LogP contribution is 2.43. The standard InChI is InChI=1S/C61H59N3O/c1-37(2)50-18-14-19-51(38(3)4)57(50)45-24-27-55(40(6)32-45)64-56-21-15-20-52(58(56)63-60(64)53-31-39(5)30-41(7)59(53)65)47-33-46(42-16-12-11-13-17-42)34-48(35-47)54-36-44(28-29-62-54)43-22-25-49(26-23-43)61(8,9)10/h11-38,65H,1-10H3/i6D3,8D3,9D3,10D3,37D. The van der Waals surface area contributed by atoms with Gasteiger partial charge in [-0.15, -0.1) is 0 Å². The van der Waals surface area contributed by atoms with E-state index in [4.69, 9.17) is 27.8 Å². The van der Waals surface area contributed by atoms with Crippen molar-refractivity contribution in [1.82, 2.24) is 14.5 Å². The second-order valence-electron chi connectivity index (χ2n) is 17.5. The van der Waals surface area contributed by atoms with E-state index in [0.29, 0.717) is 67.2 Å². The zero-order chi connectivity index (χ0) is 56.7. The van der Waals surface area contributed by atoms with Gasteiger partial charge in [0, 0.05) is 35.1 Å². The van der Waals surface area contributed by atoms with Gasteiger partial charge in [-0.25, -0.2) is 4.98 Å². The lowest BCUT2D eigenvalue weighted by Crippen LogP contribution is -2.10. The minimum atomic E-state index is -3.40. The first-order chi connectivity index (χ1) is 36.4. The number of rotatable bonds is 9. The quantitative estimate of drug-likeness (QED) is 0.157. The van der Waals surface area contributed by atoms with Crippen LogP contribution in [0.4, 0.5) is 0 Å². The van der Waals surface area contributed by atoms with Gasteiger partial charge in [-0.3, -0.25) is 9.55 Å². The summed E-state index contributed by atoms with van der Waals surface area (Å²) >= 11 is 0. The number of benzene rings is 7. The van der Waals surface area contributed by atoms with Crippen LogP contribution in [0.25, 0.3) is 83.9 Å². The van der Waals surface area contributed by atoms with E-state index in [1.54, 1.807) is 24.4 Å². The summed E-state index contributed by atoms with van der Waals surface area (Å²) in [7, 11) is 0. The van der Waals surface area contributed by atoms with Crippen molar-refractivity contribution in [3.8, 4) is 78.6 Å². The fourth-order valence-corrected chi connectivity index (χ4v) is 8.97. The lowest BCUT2D eigenvalue weighted by molar-refractivity contribution is 0.472. The summed E-state index contributed by atoms with van der Waals surface area (Å²) in [5.74, 6) is -0.606. The van der Waals surface area contributed by atoms with Gasteiger partial charge in [0.05, 0.1) is 28.0 Å². The van der Waals surface area contributed by atoms with Gasteiger partial charge >= 0.3 is 0 Å². The molecular formula is C61H59N3O. The highest BCUT2D eigenvalue weighted by Gasteiger charge is 2.24. The van der Waals surface area contributed by atoms with Gasteiger partial charge in [-0.2, -0.15) is 0 Å². The number of hydrogen-bond acceptors (Lipinski definition) is 3. The Hall–Kier alpha value is -7.04. The molecule has 2 aromatic heterocycles. The highest BCUT2D eigenvalue weighted by molar-refractivity contribution is 5.98. The lowest BCUT2D eigenvalue weighted by atomic mass is 9.84. The molecule has 4 heteroatoms. The summed E-state index contributed by atoms with van der Waals surface area (Å²) in [5, 5.41) is 11.9. The summed E-state index contributed by atoms with van der Waals surface area (Å²) in [5.41, 5.74) is 8.79. The Labute approximate surface area is 403 Å². The van der Waals surface area contributed by atoms with Crippen molar-refractivity contribution in [2.45, 2.75) is 86.2 Å². The minimum absolute atomic E-state index is 0.000877. The predicted molar refractivity (Wildman–Crippen MR) is 274 cm³/mol. The molecular weight excluding hydrogens is 791 g/mol. The largest absolute Gasteiger partial charge is 0.507 e. The molecule has 9 rings (SSSR count). The fraction of sp³-hybridized carbons (Fsp3) is 0.213. The smallest absolute Gasteiger partial charge is 0.149 e. The highest BCUT2D eigenvalue weighted by atomic mass is 16.3. The molecule has 0 amide bonds. The van der Waals surface area contributed by atoms with Crippen LogP contribution in [0.15, 0.2) is 158 Å². The normalized spacial score (nSPS) is 15.8. The summed E-state index contributed by atoms with van der Waals surface area (Å²) in [4.78, 5) is 10.2. The molecule has 0 aliphatic carbocycles. The Morgan fingerprint density at radius 2 is 1.31 bits per heavy atom. The molecule has 1 N–H and O–H groups in total. The summed E-state index contributed by atoms with van der Waals surface area (Å²) in [6.07, 6.45) is 1.62. The first kappa shape index (κ1) is 30.2. The Morgan fingerprint density at radius 1 is 0.600 bits per heavy atom. The molecule has 0 fully saturated rings. The van der Waals surface area contributed by atoms with E-state index >= 15 is 0 Å². The van der Waals surface area contributed by atoms with Crippen LogP contribution in [0.2, 0.25) is 0 Å². The van der Waals surface area contributed by atoms with Crippen molar-refractivity contribution in [2.24, 2.45) is 0 Å². The van der Waals surface area contributed by atoms with Crippen LogP contribution >= 0.6 is 0 Å². The van der Waals surface area contributed by atoms with Crippen molar-refractivity contribution in [3.05, 3.63) is 191 Å². The molecule has 7 aromatic carbocycles. The van der Waals surface area contributed by atoms with Gasteiger partial charge < -0.3 is 5.11 Å². The first-order valence-corrected chi connectivity index (χ1v) is 21.8. The van der Waals surface area contributed by atoms with Crippen molar-refractivity contribution in [1.29, 1.82) is 0 Å². The number of aromatic nitrogens is 3. The Morgan fingerprint density at radius 3 is 2.05 bits per heavy atom. The van der Waals surface area contributed by atoms with Crippen LogP contribution in [-0.2, 0) is 5.41 Å². The molecule has 0 aliphatic heterocycles. The van der Waals surface area contributed by atoms with E-state index in [-0.39, 0.29) is 22.8 Å². The third kappa shape index (κ3) is 8.30. The second kappa shape index (κ2) is 17.2. The van der Waals surface area contributed by atoms with E-state index < -0.39 is 38.7 Å². The molecule has 0 atom stereocenters. The molecule has 324 valence electrons. The van der Waals surface area contributed by atoms with Crippen molar-refractivity contribution in [3.63, 3.8) is 0 Å². The number of phenolic OH excluding ortho intramolecular Hbond substituents is 1. The monoisotopic (exact) mass is 863 g/mol. The molecule has 2 heterocycles. The van der Waals surface area contributed by atoms with Gasteiger partial charge in [0.2, 0.25) is 0 Å². The van der Waals surface area contributed by atoms with Crippen molar-refractivity contribution < 1.29 is 22.9 Å². The van der Waals surface area contributed by atoms with E-state index in [0.717, 1.165) is 38.9 Å². The Kier molecular flexibility index (Phi) is 7.96. The van der Waals surface area contributed by atoms with Crippen LogP contribution in [0.1, 0.15) is 111 Å². The van der Waals surface area contributed by atoms with Crippen molar-refractivity contribution >= 4 is 11.0 Å². The fourth-order valence-electron chi connectivity index (χ4n) is 8.97. The molecule has 0 spiro atoms. The number of fused-ring (bicyclic) bond motifs is 1. The maximum absolute atomic E-state index is 11.9. The third-order valence-corrected chi connectivity index (χ3v) is 12.2. The van der Waals surface area contributed by atoms with Crippen LogP contribution < -0.4 is 0 Å². The van der Waals surface area contributed by atoms with Crippen LogP contribution in [0.5, 0.6) is 5.75 Å². The van der Waals surface area contributed by atoms with Gasteiger partial charge in [0.1, 0.15) is 11.6 Å². The second-order valence-corrected chi connectivity index (χ2v) is 17.5. The number of pyridine rings is 1. The number of para-hydroxylation sites is 1. The Bertz CT molecular complexity index is 3700. The number of phenols is 1. The summed E-state index contributed by atoms with van der Waals surface area (Å²) in [6.45, 7) is -1.29. The predicted octanol–water partition coefficient (Wildman–Crippen LogP) is 16.6. The van der Waals surface area contributed by atoms with Crippen LogP contribution in [0, 0.1) is 20.7 Å². The van der Waals surface area contributed by atoms with Gasteiger partial charge in [-0.1, -0.05) is 145 Å². The van der Waals surface area contributed by atoms with Crippen molar-refractivity contribution in [2.75, 3.05) is 0 Å². The molecule has 4 nitrogen and oxygen atoms in total. The average molecular weight is 863 g/mol. The molecule has 65 heavy (non-hydrogen) atoms. The van der Waals surface area contributed by atoms with Gasteiger partial charge in [-0.05, 0) is 165 Å². The zero-order valence-electron chi connectivity index (χ0n) is 50.4. The molecule has 0 aliphatic rings. The number of aromatic hydroxyl groups is 1. The molecule has 0 saturated heterocycles. The average Bonchev–Trinajstić information content (AvgIpc) is 3.94. The molecule has 0 bridgehead atoms. The number of imidazole rings is 1. The molecule has 0 saturated carbocycles. The van der Waals surface area contributed by atoms with E-state index in [1.165, 1.54) is 24.3 Å². The molecule has 0 radical (unpaired) electrons. The number of nitrogens with zero attached hydrogens (tertiary/aromatic N) is 3. The first-order valence-electron chi connectivity index (χ1n) is 28.3. The maximum atomic E-state index is 11.9. The summed E-state index contributed by atoms with van der Waals surface area (Å²) < 4.78 is 112. The Balaban J connectivity index is 1.26. The van der Waals surface area contributed by atoms with Crippen LogP contribution in [-0.4, -0.2) is 19.6 Å². The molecule has 0 unspecified atom stereocenters. The summed E-state index contributed by atoms with van der Waals surface area (Å²) in [6, 6.07) is 45.8. The third-order valence-electron chi connectivity index (χ3n) is 12.2. The minimum Gasteiger partial charge on any atom is -0.507 e. The SMILES string of the molecule is [2H]C([2H])([2H])c1cc(-c2c(C(C)C)cccc2C([2H])(C)C)ccc1-n1c(-c2cc(C)cc(C)c2O)nc2c(-c3cc(-c4ccccc4)cc(-c4cc(-c5ccc(C(C([2H])([2H])[2H])(C([2H])([2H])[2H])C([2H])([2H])[2H])cc5)ccn4)c3)cccc21. The molecule has 9 aromatic rings.